The quantitative estimate of drug-likeness (QED) is 0.847. The van der Waals surface area contributed by atoms with E-state index in [4.69, 9.17) is 9.47 Å². The van der Waals surface area contributed by atoms with E-state index in [-0.39, 0.29) is 24.0 Å². The van der Waals surface area contributed by atoms with Crippen molar-refractivity contribution in [3.8, 4) is 11.5 Å². The van der Waals surface area contributed by atoms with E-state index in [0.29, 0.717) is 24.5 Å². The third-order valence-electron chi connectivity index (χ3n) is 5.30. The Morgan fingerprint density at radius 1 is 1.17 bits per heavy atom. The molecule has 0 spiro atoms. The number of likely N-dealkylation sites (N-methyl/N-ethyl adjacent to an activating group) is 1. The lowest BCUT2D eigenvalue weighted by atomic mass is 10.0. The molecular weight excluding hydrogens is 368 g/mol. The van der Waals surface area contributed by atoms with Gasteiger partial charge in [-0.1, -0.05) is 30.3 Å². The van der Waals surface area contributed by atoms with Gasteiger partial charge in [0.05, 0.1) is 0 Å². The van der Waals surface area contributed by atoms with E-state index < -0.39 is 6.04 Å². The van der Waals surface area contributed by atoms with Gasteiger partial charge < -0.3 is 14.8 Å². The molecule has 0 aliphatic carbocycles. The topological polar surface area (TPSA) is 67.9 Å². The summed E-state index contributed by atoms with van der Waals surface area (Å²) in [6.45, 7) is 6.28. The second-order valence-electron chi connectivity index (χ2n) is 8.08. The summed E-state index contributed by atoms with van der Waals surface area (Å²) in [6, 6.07) is 12.8. The Hall–Kier alpha value is -3.02. The fraction of sp³-hybridized carbons (Fsp3) is 0.391. The molecule has 0 saturated heterocycles. The Morgan fingerprint density at radius 2 is 1.93 bits per heavy atom. The molecule has 0 bridgehead atoms. The van der Waals surface area contributed by atoms with Crippen LogP contribution >= 0.6 is 0 Å². The highest BCUT2D eigenvalue weighted by Crippen LogP contribution is 2.42. The van der Waals surface area contributed by atoms with Gasteiger partial charge in [-0.2, -0.15) is 0 Å². The Morgan fingerprint density at radius 3 is 2.72 bits per heavy atom. The lowest BCUT2D eigenvalue weighted by Crippen LogP contribution is -2.49. The third kappa shape index (κ3) is 3.67. The molecule has 0 fully saturated rings. The van der Waals surface area contributed by atoms with Crippen LogP contribution in [-0.4, -0.2) is 36.6 Å². The summed E-state index contributed by atoms with van der Waals surface area (Å²) in [5, 5.41) is 2.83. The van der Waals surface area contributed by atoms with Crippen molar-refractivity contribution in [3.05, 3.63) is 53.6 Å². The number of hydrogen-bond donors (Lipinski definition) is 1. The summed E-state index contributed by atoms with van der Waals surface area (Å²) < 4.78 is 11.9. The molecule has 0 unspecified atom stereocenters. The number of anilines is 1. The minimum Gasteiger partial charge on any atom is -0.483 e. The van der Waals surface area contributed by atoms with Gasteiger partial charge in [0.2, 0.25) is 5.91 Å². The summed E-state index contributed by atoms with van der Waals surface area (Å²) >= 11 is 0. The van der Waals surface area contributed by atoms with Crippen LogP contribution in [0.3, 0.4) is 0 Å². The maximum Gasteiger partial charge on any atom is 0.265 e. The minimum atomic E-state index is -0.555. The molecule has 29 heavy (non-hydrogen) atoms. The van der Waals surface area contributed by atoms with Crippen LogP contribution in [-0.2, 0) is 22.4 Å². The highest BCUT2D eigenvalue weighted by atomic mass is 16.5. The summed E-state index contributed by atoms with van der Waals surface area (Å²) in [7, 11) is 0. The van der Waals surface area contributed by atoms with Crippen molar-refractivity contribution in [1.82, 2.24) is 5.32 Å². The standard InChI is InChI=1S/C23H26N2O4/c1-4-24-22(27)18-12-15-8-5-6-10-17(15)25(18)20(26)14-28-19-11-7-9-16-13-23(2,3)29-21(16)19/h5-11,18H,4,12-14H2,1-3H3,(H,24,27)/t18-/m1/s1. The molecule has 6 nitrogen and oxygen atoms in total. The predicted molar refractivity (Wildman–Crippen MR) is 110 cm³/mol. The zero-order valence-corrected chi connectivity index (χ0v) is 17.0. The van der Waals surface area contributed by atoms with Gasteiger partial charge in [-0.05, 0) is 38.5 Å². The summed E-state index contributed by atoms with van der Waals surface area (Å²) in [6.07, 6.45) is 1.30. The van der Waals surface area contributed by atoms with Crippen LogP contribution in [0.15, 0.2) is 42.5 Å². The highest BCUT2D eigenvalue weighted by molar-refractivity contribution is 6.04. The molecule has 2 aliphatic heterocycles. The lowest BCUT2D eigenvalue weighted by Gasteiger charge is -2.25. The van der Waals surface area contributed by atoms with Crippen LogP contribution in [0.5, 0.6) is 11.5 Å². The molecular formula is C23H26N2O4. The lowest BCUT2D eigenvalue weighted by molar-refractivity contribution is -0.127. The Balaban J connectivity index is 1.53. The first-order valence-corrected chi connectivity index (χ1v) is 10.0. The molecule has 4 rings (SSSR count). The van der Waals surface area contributed by atoms with Gasteiger partial charge in [0.15, 0.2) is 18.1 Å². The number of nitrogens with zero attached hydrogens (tertiary/aromatic N) is 1. The van der Waals surface area contributed by atoms with E-state index in [1.807, 2.05) is 63.2 Å². The number of amides is 2. The van der Waals surface area contributed by atoms with Crippen molar-refractivity contribution in [3.63, 3.8) is 0 Å². The van der Waals surface area contributed by atoms with Crippen LogP contribution in [0.1, 0.15) is 31.9 Å². The fourth-order valence-electron chi connectivity index (χ4n) is 4.11. The number of benzene rings is 2. The van der Waals surface area contributed by atoms with Crippen molar-refractivity contribution >= 4 is 17.5 Å². The number of carbonyl (C=O) groups is 2. The molecule has 1 atom stereocenters. The second kappa shape index (κ2) is 7.43. The van der Waals surface area contributed by atoms with Crippen molar-refractivity contribution < 1.29 is 19.1 Å². The zero-order chi connectivity index (χ0) is 20.6. The maximum atomic E-state index is 13.1. The van der Waals surface area contributed by atoms with E-state index in [1.165, 1.54) is 0 Å². The van der Waals surface area contributed by atoms with Gasteiger partial charge in [-0.3, -0.25) is 14.5 Å². The number of para-hydroxylation sites is 2. The van der Waals surface area contributed by atoms with Gasteiger partial charge in [-0.15, -0.1) is 0 Å². The van der Waals surface area contributed by atoms with Crippen LogP contribution < -0.4 is 19.7 Å². The molecule has 0 radical (unpaired) electrons. The van der Waals surface area contributed by atoms with Gasteiger partial charge in [0.1, 0.15) is 11.6 Å². The summed E-state index contributed by atoms with van der Waals surface area (Å²) in [4.78, 5) is 27.2. The molecule has 2 aromatic rings. The van der Waals surface area contributed by atoms with Gasteiger partial charge in [0.25, 0.3) is 5.91 Å². The smallest absolute Gasteiger partial charge is 0.265 e. The number of fused-ring (bicyclic) bond motifs is 2. The summed E-state index contributed by atoms with van der Waals surface area (Å²) in [5.74, 6) is 0.861. The molecule has 2 amide bonds. The second-order valence-corrected chi connectivity index (χ2v) is 8.08. The minimum absolute atomic E-state index is 0.150. The van der Waals surface area contributed by atoms with Crippen molar-refractivity contribution in [2.45, 2.75) is 45.3 Å². The molecule has 0 aromatic heterocycles. The van der Waals surface area contributed by atoms with E-state index in [2.05, 4.69) is 5.32 Å². The van der Waals surface area contributed by atoms with Crippen molar-refractivity contribution in [2.24, 2.45) is 0 Å². The molecule has 0 saturated carbocycles. The molecule has 1 N–H and O–H groups in total. The average molecular weight is 394 g/mol. The van der Waals surface area contributed by atoms with Gasteiger partial charge >= 0.3 is 0 Å². The van der Waals surface area contributed by atoms with E-state index in [9.17, 15) is 9.59 Å². The fourth-order valence-corrected chi connectivity index (χ4v) is 4.11. The third-order valence-corrected chi connectivity index (χ3v) is 5.30. The molecule has 2 aromatic carbocycles. The first-order valence-electron chi connectivity index (χ1n) is 10.0. The number of carbonyl (C=O) groups excluding carboxylic acids is 2. The molecule has 2 heterocycles. The number of rotatable bonds is 5. The monoisotopic (exact) mass is 394 g/mol. The number of ether oxygens (including phenoxy) is 2. The number of hydrogen-bond acceptors (Lipinski definition) is 4. The Bertz CT molecular complexity index is 954. The number of nitrogens with one attached hydrogen (secondary N) is 1. The van der Waals surface area contributed by atoms with Gasteiger partial charge in [0, 0.05) is 30.6 Å². The Labute approximate surface area is 170 Å². The average Bonchev–Trinajstić information content (AvgIpc) is 3.22. The highest BCUT2D eigenvalue weighted by Gasteiger charge is 2.38. The SMILES string of the molecule is CCNC(=O)[C@H]1Cc2ccccc2N1C(=O)COc1cccc2c1OC(C)(C)C2. The summed E-state index contributed by atoms with van der Waals surface area (Å²) in [5.41, 5.74) is 2.55. The largest absolute Gasteiger partial charge is 0.483 e. The normalized spacial score (nSPS) is 18.6. The van der Waals surface area contributed by atoms with Crippen LogP contribution in [0.25, 0.3) is 0 Å². The Kier molecular flexibility index (Phi) is 4.94. The predicted octanol–water partition coefficient (Wildman–Crippen LogP) is 2.87. The molecule has 2 aliphatic rings. The van der Waals surface area contributed by atoms with Gasteiger partial charge in [-0.25, -0.2) is 0 Å². The van der Waals surface area contributed by atoms with Crippen LogP contribution in [0, 0.1) is 0 Å². The van der Waals surface area contributed by atoms with Crippen LogP contribution in [0.2, 0.25) is 0 Å². The first kappa shape index (κ1) is 19.3. The van der Waals surface area contributed by atoms with Crippen molar-refractivity contribution in [2.75, 3.05) is 18.1 Å². The molecule has 152 valence electrons. The molecule has 6 heteroatoms. The zero-order valence-electron chi connectivity index (χ0n) is 17.0. The van der Waals surface area contributed by atoms with Crippen LogP contribution in [0.4, 0.5) is 5.69 Å². The van der Waals surface area contributed by atoms with Crippen molar-refractivity contribution in [1.29, 1.82) is 0 Å². The first-order chi connectivity index (χ1) is 13.9. The van der Waals surface area contributed by atoms with E-state index in [0.717, 1.165) is 23.2 Å². The van der Waals surface area contributed by atoms with E-state index in [1.54, 1.807) is 4.90 Å². The maximum absolute atomic E-state index is 13.1. The van der Waals surface area contributed by atoms with E-state index >= 15 is 0 Å².